The Kier molecular flexibility index (Phi) is 7.55. The predicted molar refractivity (Wildman–Crippen MR) is 118 cm³/mol. The molecule has 2 amide bonds. The van der Waals surface area contributed by atoms with E-state index in [1.807, 2.05) is 6.07 Å². The number of nitrogens with zero attached hydrogens (tertiary/aromatic N) is 2. The van der Waals surface area contributed by atoms with Crippen LogP contribution in [0, 0.1) is 10.1 Å². The molecule has 0 saturated carbocycles. The van der Waals surface area contributed by atoms with Crippen LogP contribution < -0.4 is 15.5 Å². The molecule has 31 heavy (non-hydrogen) atoms. The van der Waals surface area contributed by atoms with E-state index in [9.17, 15) is 19.7 Å². The number of nitrogens with one attached hydrogen (secondary N) is 2. The summed E-state index contributed by atoms with van der Waals surface area (Å²) in [7, 11) is 1.57. The summed E-state index contributed by atoms with van der Waals surface area (Å²) in [6.07, 6.45) is 3.32. The summed E-state index contributed by atoms with van der Waals surface area (Å²) in [5.41, 5.74) is 2.00. The van der Waals surface area contributed by atoms with Gasteiger partial charge in [0.1, 0.15) is 0 Å². The van der Waals surface area contributed by atoms with Crippen molar-refractivity contribution in [3.05, 3.63) is 63.7 Å². The highest BCUT2D eigenvalue weighted by molar-refractivity contribution is 6.06. The molecule has 9 heteroatoms. The van der Waals surface area contributed by atoms with Gasteiger partial charge in [0, 0.05) is 55.8 Å². The Morgan fingerprint density at radius 2 is 1.77 bits per heavy atom. The molecule has 9 nitrogen and oxygen atoms in total. The maximum Gasteiger partial charge on any atom is 0.269 e. The highest BCUT2D eigenvalue weighted by Crippen LogP contribution is 2.27. The Morgan fingerprint density at radius 3 is 2.42 bits per heavy atom. The number of anilines is 2. The molecule has 0 aliphatic carbocycles. The minimum absolute atomic E-state index is 0.0857. The van der Waals surface area contributed by atoms with Crippen LogP contribution in [0.25, 0.3) is 0 Å². The number of hydrogen-bond donors (Lipinski definition) is 2. The van der Waals surface area contributed by atoms with Gasteiger partial charge >= 0.3 is 0 Å². The van der Waals surface area contributed by atoms with Crippen LogP contribution in [-0.2, 0) is 4.74 Å². The van der Waals surface area contributed by atoms with Crippen LogP contribution in [0.4, 0.5) is 17.1 Å². The van der Waals surface area contributed by atoms with Gasteiger partial charge in [-0.05, 0) is 49.6 Å². The molecule has 1 saturated heterocycles. The summed E-state index contributed by atoms with van der Waals surface area (Å²) >= 11 is 0. The van der Waals surface area contributed by atoms with Crippen molar-refractivity contribution in [2.45, 2.75) is 19.3 Å². The van der Waals surface area contributed by atoms with Gasteiger partial charge < -0.3 is 20.3 Å². The SMILES string of the molecule is COCCNC(=O)c1cc(NC(=O)c2ccc([N+](=O)[O-])cc2)ccc1N1CCCCC1. The van der Waals surface area contributed by atoms with E-state index in [0.717, 1.165) is 31.6 Å². The molecule has 1 heterocycles. The van der Waals surface area contributed by atoms with Crippen LogP contribution in [0.2, 0.25) is 0 Å². The molecule has 2 aromatic rings. The monoisotopic (exact) mass is 426 g/mol. The number of nitro groups is 1. The maximum atomic E-state index is 12.8. The number of carbonyl (C=O) groups is 2. The topological polar surface area (TPSA) is 114 Å². The lowest BCUT2D eigenvalue weighted by Crippen LogP contribution is -2.33. The number of piperidine rings is 1. The summed E-state index contributed by atoms with van der Waals surface area (Å²) < 4.78 is 5.00. The molecular weight excluding hydrogens is 400 g/mol. The molecule has 0 unspecified atom stereocenters. The molecule has 2 aromatic carbocycles. The average Bonchev–Trinajstić information content (AvgIpc) is 2.79. The molecule has 1 aliphatic heterocycles. The first-order valence-corrected chi connectivity index (χ1v) is 10.2. The molecule has 0 spiro atoms. The molecule has 0 aromatic heterocycles. The Labute approximate surface area is 180 Å². The van der Waals surface area contributed by atoms with Gasteiger partial charge in [-0.15, -0.1) is 0 Å². The van der Waals surface area contributed by atoms with E-state index < -0.39 is 10.8 Å². The summed E-state index contributed by atoms with van der Waals surface area (Å²) in [5, 5.41) is 16.4. The Balaban J connectivity index is 1.81. The van der Waals surface area contributed by atoms with Gasteiger partial charge in [-0.2, -0.15) is 0 Å². The van der Waals surface area contributed by atoms with Crippen LogP contribution >= 0.6 is 0 Å². The third-order valence-corrected chi connectivity index (χ3v) is 5.13. The smallest absolute Gasteiger partial charge is 0.269 e. The van der Waals surface area contributed by atoms with Crippen molar-refractivity contribution in [2.24, 2.45) is 0 Å². The van der Waals surface area contributed by atoms with Crippen molar-refractivity contribution >= 4 is 28.9 Å². The van der Waals surface area contributed by atoms with Gasteiger partial charge in [0.15, 0.2) is 0 Å². The van der Waals surface area contributed by atoms with Crippen LogP contribution in [-0.4, -0.2) is 50.1 Å². The van der Waals surface area contributed by atoms with E-state index in [-0.39, 0.29) is 17.2 Å². The van der Waals surface area contributed by atoms with Gasteiger partial charge in [0.2, 0.25) is 0 Å². The molecule has 1 aliphatic rings. The van der Waals surface area contributed by atoms with Crippen molar-refractivity contribution in [3.8, 4) is 0 Å². The van der Waals surface area contributed by atoms with Gasteiger partial charge in [-0.25, -0.2) is 0 Å². The Bertz CT molecular complexity index is 939. The lowest BCUT2D eigenvalue weighted by molar-refractivity contribution is -0.384. The Hall–Kier alpha value is -3.46. The fourth-order valence-corrected chi connectivity index (χ4v) is 3.51. The fourth-order valence-electron chi connectivity index (χ4n) is 3.51. The van der Waals surface area contributed by atoms with Crippen LogP contribution in [0.3, 0.4) is 0 Å². The number of ether oxygens (including phenoxy) is 1. The van der Waals surface area contributed by atoms with Crippen LogP contribution in [0.1, 0.15) is 40.0 Å². The average molecular weight is 426 g/mol. The molecule has 3 rings (SSSR count). The number of rotatable bonds is 8. The number of methoxy groups -OCH3 is 1. The molecule has 0 radical (unpaired) electrons. The molecular formula is C22H26N4O5. The minimum Gasteiger partial charge on any atom is -0.383 e. The molecule has 0 atom stereocenters. The fraction of sp³-hybridized carbons (Fsp3) is 0.364. The third-order valence-electron chi connectivity index (χ3n) is 5.13. The second-order valence-corrected chi connectivity index (χ2v) is 7.29. The quantitative estimate of drug-likeness (QED) is 0.381. The largest absolute Gasteiger partial charge is 0.383 e. The third kappa shape index (κ3) is 5.79. The van der Waals surface area contributed by atoms with E-state index in [0.29, 0.717) is 24.4 Å². The van der Waals surface area contributed by atoms with Crippen molar-refractivity contribution in [3.63, 3.8) is 0 Å². The van der Waals surface area contributed by atoms with E-state index in [1.165, 1.54) is 30.7 Å². The molecule has 164 valence electrons. The highest BCUT2D eigenvalue weighted by atomic mass is 16.6. The van der Waals surface area contributed by atoms with E-state index >= 15 is 0 Å². The van der Waals surface area contributed by atoms with E-state index in [4.69, 9.17) is 4.74 Å². The van der Waals surface area contributed by atoms with E-state index in [2.05, 4.69) is 15.5 Å². The first kappa shape index (κ1) is 22.2. The summed E-state index contributed by atoms with van der Waals surface area (Å²) in [6.45, 7) is 2.55. The lowest BCUT2D eigenvalue weighted by Gasteiger charge is -2.30. The molecule has 0 bridgehead atoms. The first-order valence-electron chi connectivity index (χ1n) is 10.2. The molecule has 2 N–H and O–H groups in total. The van der Waals surface area contributed by atoms with Crippen LogP contribution in [0.15, 0.2) is 42.5 Å². The number of carbonyl (C=O) groups excluding carboxylic acids is 2. The second kappa shape index (κ2) is 10.5. The first-order chi connectivity index (χ1) is 15.0. The summed E-state index contributed by atoms with van der Waals surface area (Å²) in [5.74, 6) is -0.643. The lowest BCUT2D eigenvalue weighted by atomic mass is 10.1. The zero-order chi connectivity index (χ0) is 22.2. The van der Waals surface area contributed by atoms with Gasteiger partial charge in [0.05, 0.1) is 17.1 Å². The van der Waals surface area contributed by atoms with Crippen LogP contribution in [0.5, 0.6) is 0 Å². The number of nitro benzene ring substituents is 1. The number of benzene rings is 2. The summed E-state index contributed by atoms with van der Waals surface area (Å²) in [4.78, 5) is 37.8. The van der Waals surface area contributed by atoms with E-state index in [1.54, 1.807) is 19.2 Å². The molecule has 1 fully saturated rings. The van der Waals surface area contributed by atoms with Crippen molar-refractivity contribution < 1.29 is 19.2 Å². The van der Waals surface area contributed by atoms with Crippen molar-refractivity contribution in [2.75, 3.05) is 43.6 Å². The minimum atomic E-state index is -0.518. The van der Waals surface area contributed by atoms with Gasteiger partial charge in [-0.1, -0.05) is 0 Å². The highest BCUT2D eigenvalue weighted by Gasteiger charge is 2.20. The predicted octanol–water partition coefficient (Wildman–Crippen LogP) is 3.21. The van der Waals surface area contributed by atoms with Crippen molar-refractivity contribution in [1.82, 2.24) is 5.32 Å². The normalized spacial score (nSPS) is 13.5. The maximum absolute atomic E-state index is 12.8. The number of non-ortho nitro benzene ring substituents is 1. The zero-order valence-electron chi connectivity index (χ0n) is 17.4. The van der Waals surface area contributed by atoms with Crippen molar-refractivity contribution in [1.29, 1.82) is 0 Å². The Morgan fingerprint density at radius 1 is 1.06 bits per heavy atom. The second-order valence-electron chi connectivity index (χ2n) is 7.29. The zero-order valence-corrected chi connectivity index (χ0v) is 17.4. The number of amides is 2. The van der Waals surface area contributed by atoms with Gasteiger partial charge in [-0.3, -0.25) is 19.7 Å². The standard InChI is InChI=1S/C22H26N4O5/c1-31-14-11-23-22(28)19-15-17(7-10-20(19)25-12-3-2-4-13-25)24-21(27)16-5-8-18(9-6-16)26(29)30/h5-10,15H,2-4,11-14H2,1H3,(H,23,28)(H,24,27). The number of hydrogen-bond acceptors (Lipinski definition) is 6. The van der Waals surface area contributed by atoms with Gasteiger partial charge in [0.25, 0.3) is 17.5 Å². The summed E-state index contributed by atoms with van der Waals surface area (Å²) in [6, 6.07) is 10.6.